The zero-order valence-corrected chi connectivity index (χ0v) is 20.4. The number of nitrogens with zero attached hydrogens (tertiary/aromatic N) is 1. The third-order valence-corrected chi connectivity index (χ3v) is 5.40. The van der Waals surface area contributed by atoms with Crippen molar-refractivity contribution in [3.8, 4) is 5.75 Å². The molecule has 2 amide bonds. The molecule has 0 aromatic heterocycles. The first kappa shape index (κ1) is 25.3. The lowest BCUT2D eigenvalue weighted by atomic mass is 10.0. The van der Waals surface area contributed by atoms with Crippen LogP contribution in [0.4, 0.5) is 0 Å². The zero-order chi connectivity index (χ0) is 23.3. The van der Waals surface area contributed by atoms with Crippen molar-refractivity contribution < 1.29 is 23.9 Å². The van der Waals surface area contributed by atoms with Gasteiger partial charge in [-0.3, -0.25) is 14.4 Å². The molecule has 0 saturated heterocycles. The summed E-state index contributed by atoms with van der Waals surface area (Å²) in [5.74, 6) is -0.343. The Morgan fingerprint density at radius 2 is 2.00 bits per heavy atom. The van der Waals surface area contributed by atoms with E-state index in [0.29, 0.717) is 28.6 Å². The van der Waals surface area contributed by atoms with E-state index in [2.05, 4.69) is 5.32 Å². The topological polar surface area (TPSA) is 84.9 Å². The highest BCUT2D eigenvalue weighted by Gasteiger charge is 2.41. The number of ether oxygens (including phenoxy) is 2. The molecule has 0 bridgehead atoms. The molecule has 1 N–H and O–H groups in total. The van der Waals surface area contributed by atoms with Gasteiger partial charge < -0.3 is 19.7 Å². The first-order valence-corrected chi connectivity index (χ1v) is 12.0. The van der Waals surface area contributed by atoms with E-state index >= 15 is 0 Å². The van der Waals surface area contributed by atoms with Gasteiger partial charge in [0.1, 0.15) is 23.9 Å². The van der Waals surface area contributed by atoms with Crippen LogP contribution < -0.4 is 10.1 Å². The van der Waals surface area contributed by atoms with E-state index in [1.807, 2.05) is 20.1 Å². The maximum atomic E-state index is 13.4. The summed E-state index contributed by atoms with van der Waals surface area (Å²) in [6.07, 6.45) is 1.20. The Labute approximate surface area is 193 Å². The summed E-state index contributed by atoms with van der Waals surface area (Å²) in [6.45, 7) is 9.10. The van der Waals surface area contributed by atoms with Crippen LogP contribution in [0.3, 0.4) is 0 Å². The molecule has 1 aromatic carbocycles. The molecule has 2 atom stereocenters. The number of carbonyl (C=O) groups excluding carboxylic acids is 3. The molecule has 2 rings (SSSR count). The normalized spacial score (nSPS) is 18.8. The Kier molecular flexibility index (Phi) is 8.65. The van der Waals surface area contributed by atoms with Crippen LogP contribution >= 0.6 is 23.4 Å². The van der Waals surface area contributed by atoms with Crippen molar-refractivity contribution in [3.05, 3.63) is 28.8 Å². The van der Waals surface area contributed by atoms with Gasteiger partial charge in [0, 0.05) is 22.9 Å². The van der Waals surface area contributed by atoms with E-state index < -0.39 is 29.6 Å². The van der Waals surface area contributed by atoms with Gasteiger partial charge in [-0.2, -0.15) is 11.8 Å². The van der Waals surface area contributed by atoms with Crippen molar-refractivity contribution in [2.75, 3.05) is 25.1 Å². The zero-order valence-electron chi connectivity index (χ0n) is 18.9. The molecule has 0 spiro atoms. The van der Waals surface area contributed by atoms with Crippen LogP contribution in [0, 0.1) is 5.92 Å². The Balaban J connectivity index is 2.41. The van der Waals surface area contributed by atoms with Gasteiger partial charge in [0.25, 0.3) is 5.91 Å². The van der Waals surface area contributed by atoms with E-state index in [0.717, 1.165) is 0 Å². The van der Waals surface area contributed by atoms with E-state index in [9.17, 15) is 14.4 Å². The van der Waals surface area contributed by atoms with Crippen LogP contribution in [0.1, 0.15) is 46.2 Å². The number of thioether (sulfide) groups is 1. The molecular formula is C22H31ClN2O5S. The molecule has 9 heteroatoms. The number of hydrogen-bond acceptors (Lipinski definition) is 6. The van der Waals surface area contributed by atoms with Crippen LogP contribution in [0.15, 0.2) is 18.2 Å². The lowest BCUT2D eigenvalue weighted by Crippen LogP contribution is -2.49. The van der Waals surface area contributed by atoms with Gasteiger partial charge in [0.2, 0.25) is 5.91 Å². The minimum atomic E-state index is -0.973. The molecule has 1 aromatic rings. The molecule has 0 saturated carbocycles. The number of nitrogens with one attached hydrogen (secondary N) is 1. The number of esters is 1. The first-order chi connectivity index (χ1) is 14.4. The minimum absolute atomic E-state index is 0.101. The quantitative estimate of drug-likeness (QED) is 0.614. The largest absolute Gasteiger partial charge is 0.480 e. The summed E-state index contributed by atoms with van der Waals surface area (Å²) >= 11 is 7.79. The number of fused-ring (bicyclic) bond motifs is 1. The summed E-state index contributed by atoms with van der Waals surface area (Å²) < 4.78 is 11.3. The monoisotopic (exact) mass is 470 g/mol. The molecule has 7 nitrogen and oxygen atoms in total. The molecular weight excluding hydrogens is 440 g/mol. The molecule has 31 heavy (non-hydrogen) atoms. The Bertz CT molecular complexity index is 825. The number of benzene rings is 1. The number of rotatable bonds is 7. The number of hydrogen-bond donors (Lipinski definition) is 1. The van der Waals surface area contributed by atoms with Crippen LogP contribution in [-0.4, -0.2) is 59.5 Å². The summed E-state index contributed by atoms with van der Waals surface area (Å²) in [6, 6.07) is 4.00. The molecule has 1 aliphatic heterocycles. The SMILES string of the molecule is CSCCN1C(=O)C(C(C)C)Oc2ccc(Cl)cc2C1C(=O)NCC(=O)OC(C)(C)C. The second-order valence-electron chi connectivity index (χ2n) is 8.70. The first-order valence-electron chi connectivity index (χ1n) is 10.2. The minimum Gasteiger partial charge on any atom is -0.480 e. The number of amides is 2. The van der Waals surface area contributed by atoms with Gasteiger partial charge >= 0.3 is 5.97 Å². The van der Waals surface area contributed by atoms with Crippen LogP contribution in [0.25, 0.3) is 0 Å². The fraction of sp³-hybridized carbons (Fsp3) is 0.591. The van der Waals surface area contributed by atoms with Crippen molar-refractivity contribution in [1.29, 1.82) is 0 Å². The highest BCUT2D eigenvalue weighted by Crippen LogP contribution is 2.37. The molecule has 172 valence electrons. The molecule has 0 radical (unpaired) electrons. The van der Waals surface area contributed by atoms with Gasteiger partial charge in [-0.25, -0.2) is 0 Å². The van der Waals surface area contributed by atoms with E-state index in [1.165, 1.54) is 4.90 Å². The second-order valence-corrected chi connectivity index (χ2v) is 10.1. The fourth-order valence-electron chi connectivity index (χ4n) is 3.25. The van der Waals surface area contributed by atoms with Gasteiger partial charge in [-0.1, -0.05) is 25.4 Å². The van der Waals surface area contributed by atoms with Crippen LogP contribution in [-0.2, 0) is 19.1 Å². The molecule has 0 fully saturated rings. The lowest BCUT2D eigenvalue weighted by Gasteiger charge is -2.31. The second kappa shape index (κ2) is 10.6. The molecule has 1 aliphatic rings. The average Bonchev–Trinajstić information content (AvgIpc) is 2.77. The van der Waals surface area contributed by atoms with Crippen molar-refractivity contribution >= 4 is 41.1 Å². The van der Waals surface area contributed by atoms with E-state index in [1.54, 1.807) is 50.7 Å². The molecule has 2 unspecified atom stereocenters. The van der Waals surface area contributed by atoms with Crippen molar-refractivity contribution in [1.82, 2.24) is 10.2 Å². The average molecular weight is 471 g/mol. The predicted molar refractivity (Wildman–Crippen MR) is 122 cm³/mol. The highest BCUT2D eigenvalue weighted by molar-refractivity contribution is 7.98. The van der Waals surface area contributed by atoms with Gasteiger partial charge in [-0.05, 0) is 51.1 Å². The fourth-order valence-corrected chi connectivity index (χ4v) is 3.81. The third kappa shape index (κ3) is 6.77. The summed E-state index contributed by atoms with van der Waals surface area (Å²) in [4.78, 5) is 40.3. The summed E-state index contributed by atoms with van der Waals surface area (Å²) in [5.41, 5.74) is -0.171. The summed E-state index contributed by atoms with van der Waals surface area (Å²) in [7, 11) is 0. The maximum Gasteiger partial charge on any atom is 0.325 e. The summed E-state index contributed by atoms with van der Waals surface area (Å²) in [5, 5.41) is 3.04. The van der Waals surface area contributed by atoms with Crippen LogP contribution in [0.5, 0.6) is 5.75 Å². The van der Waals surface area contributed by atoms with E-state index in [4.69, 9.17) is 21.1 Å². The van der Waals surface area contributed by atoms with Crippen LogP contribution in [0.2, 0.25) is 5.02 Å². The van der Waals surface area contributed by atoms with E-state index in [-0.39, 0.29) is 18.4 Å². The Morgan fingerprint density at radius 3 is 2.58 bits per heavy atom. The molecule has 0 aliphatic carbocycles. The third-order valence-electron chi connectivity index (χ3n) is 4.58. The van der Waals surface area contributed by atoms with Gasteiger partial charge in [0.05, 0.1) is 0 Å². The van der Waals surface area contributed by atoms with Crippen molar-refractivity contribution in [2.24, 2.45) is 5.92 Å². The van der Waals surface area contributed by atoms with Crippen molar-refractivity contribution in [2.45, 2.75) is 52.4 Å². The molecule has 1 heterocycles. The van der Waals surface area contributed by atoms with Crippen molar-refractivity contribution in [3.63, 3.8) is 0 Å². The van der Waals surface area contributed by atoms with Gasteiger partial charge in [0.15, 0.2) is 6.10 Å². The predicted octanol–water partition coefficient (Wildman–Crippen LogP) is 3.45. The highest BCUT2D eigenvalue weighted by atomic mass is 35.5. The lowest BCUT2D eigenvalue weighted by molar-refractivity contribution is -0.155. The standard InChI is InChI=1S/C22H31ClN2O5S/c1-13(2)19-21(28)25(9-10-31-6)18(15-11-14(23)7-8-16(15)29-19)20(27)24-12-17(26)30-22(3,4)5/h7-8,11,13,18-19H,9-10,12H2,1-6H3,(H,24,27). The maximum absolute atomic E-state index is 13.4. The Morgan fingerprint density at radius 1 is 1.32 bits per heavy atom. The number of halogens is 1. The van der Waals surface area contributed by atoms with Gasteiger partial charge in [-0.15, -0.1) is 0 Å². The Hall–Kier alpha value is -1.93. The number of carbonyl (C=O) groups is 3. The smallest absolute Gasteiger partial charge is 0.325 e.